The molecule has 0 fully saturated rings. The molecule has 1 heterocycles. The van der Waals surface area contributed by atoms with E-state index in [2.05, 4.69) is 28.0 Å². The lowest BCUT2D eigenvalue weighted by molar-refractivity contribution is -0.117. The van der Waals surface area contributed by atoms with Gasteiger partial charge < -0.3 is 0 Å². The molecule has 0 aliphatic heterocycles. The van der Waals surface area contributed by atoms with Gasteiger partial charge in [0.25, 0.3) is 0 Å². The molecule has 21 heavy (non-hydrogen) atoms. The van der Waals surface area contributed by atoms with E-state index >= 15 is 0 Å². The van der Waals surface area contributed by atoms with Crippen molar-refractivity contribution in [2.24, 2.45) is 0 Å². The molecule has 0 N–H and O–H groups in total. The zero-order valence-electron chi connectivity index (χ0n) is 12.8. The molecular formula is C17H21BrN2O. The molecule has 0 radical (unpaired) electrons. The van der Waals surface area contributed by atoms with E-state index in [9.17, 15) is 4.79 Å². The third kappa shape index (κ3) is 3.62. The van der Waals surface area contributed by atoms with Gasteiger partial charge in [-0.25, -0.2) is 0 Å². The van der Waals surface area contributed by atoms with Crippen LogP contribution in [-0.2, 0) is 30.6 Å². The lowest BCUT2D eigenvalue weighted by atomic mass is 10.0. The van der Waals surface area contributed by atoms with E-state index in [4.69, 9.17) is 0 Å². The van der Waals surface area contributed by atoms with Crippen molar-refractivity contribution in [3.8, 4) is 0 Å². The van der Waals surface area contributed by atoms with Crippen LogP contribution in [0.2, 0.25) is 0 Å². The number of ketones is 1. The highest BCUT2D eigenvalue weighted by Gasteiger charge is 2.17. The fourth-order valence-electron chi connectivity index (χ4n) is 2.46. The zero-order chi connectivity index (χ0) is 15.4. The Balaban J connectivity index is 2.17. The van der Waals surface area contributed by atoms with Gasteiger partial charge >= 0.3 is 0 Å². The number of halogens is 1. The lowest BCUT2D eigenvalue weighted by Crippen LogP contribution is -2.12. The summed E-state index contributed by atoms with van der Waals surface area (Å²) in [6.45, 7) is 6.95. The Hall–Kier alpha value is -1.42. The maximum absolute atomic E-state index is 12.4. The maximum atomic E-state index is 12.4. The van der Waals surface area contributed by atoms with Gasteiger partial charge in [0.2, 0.25) is 0 Å². The van der Waals surface area contributed by atoms with Crippen LogP contribution in [0.4, 0.5) is 0 Å². The smallest absolute Gasteiger partial charge is 0.143 e. The molecule has 0 unspecified atom stereocenters. The molecular weight excluding hydrogens is 328 g/mol. The number of benzene rings is 1. The lowest BCUT2D eigenvalue weighted by Gasteiger charge is -2.07. The molecule has 0 bridgehead atoms. The van der Waals surface area contributed by atoms with Crippen LogP contribution in [0.1, 0.15) is 36.4 Å². The third-order valence-corrected chi connectivity index (χ3v) is 4.62. The van der Waals surface area contributed by atoms with E-state index in [0.717, 1.165) is 34.4 Å². The van der Waals surface area contributed by atoms with Crippen LogP contribution < -0.4 is 0 Å². The number of aryl methyl sites for hydroxylation is 3. The van der Waals surface area contributed by atoms with E-state index in [1.54, 1.807) is 0 Å². The van der Waals surface area contributed by atoms with Crippen molar-refractivity contribution in [3.05, 3.63) is 51.3 Å². The second kappa shape index (κ2) is 7.03. The minimum absolute atomic E-state index is 0.224. The van der Waals surface area contributed by atoms with Crippen LogP contribution in [0.25, 0.3) is 0 Å². The zero-order valence-corrected chi connectivity index (χ0v) is 14.4. The summed E-state index contributed by atoms with van der Waals surface area (Å²) in [4.78, 5) is 12.4. The molecule has 0 atom stereocenters. The molecule has 0 saturated heterocycles. The van der Waals surface area contributed by atoms with Crippen LogP contribution >= 0.6 is 15.9 Å². The largest absolute Gasteiger partial charge is 0.299 e. The normalized spacial score (nSPS) is 10.9. The van der Waals surface area contributed by atoms with E-state index < -0.39 is 0 Å². The molecule has 0 spiro atoms. The number of carbonyl (C=O) groups excluding carboxylic acids is 1. The van der Waals surface area contributed by atoms with Crippen molar-refractivity contribution in [1.82, 2.24) is 9.78 Å². The van der Waals surface area contributed by atoms with Gasteiger partial charge in [0, 0.05) is 19.4 Å². The summed E-state index contributed by atoms with van der Waals surface area (Å²) in [6.07, 6.45) is 1.78. The van der Waals surface area contributed by atoms with Crippen molar-refractivity contribution in [3.63, 3.8) is 0 Å². The molecule has 2 aromatic rings. The van der Waals surface area contributed by atoms with E-state index in [-0.39, 0.29) is 5.78 Å². The van der Waals surface area contributed by atoms with Crippen molar-refractivity contribution >= 4 is 21.7 Å². The Morgan fingerprint density at radius 2 is 1.95 bits per heavy atom. The number of nitrogens with zero attached hydrogens (tertiary/aromatic N) is 2. The Morgan fingerprint density at radius 1 is 1.24 bits per heavy atom. The quantitative estimate of drug-likeness (QED) is 0.793. The molecule has 4 heteroatoms. The molecule has 0 aliphatic rings. The summed E-state index contributed by atoms with van der Waals surface area (Å²) in [5, 5.41) is 4.54. The first kappa shape index (κ1) is 16.0. The van der Waals surface area contributed by atoms with Gasteiger partial charge in [0.05, 0.1) is 15.9 Å². The molecule has 2 rings (SSSR count). The standard InChI is InChI=1S/C17H21BrN2O/c1-4-15-17(18)16(20(5-2)19-15)11-14(21)10-13-9-7-6-8-12(13)3/h6-9H,4-5,10-11H2,1-3H3. The molecule has 0 saturated carbocycles. The first-order valence-corrected chi connectivity index (χ1v) is 8.16. The maximum Gasteiger partial charge on any atom is 0.143 e. The number of aromatic nitrogens is 2. The molecule has 1 aromatic carbocycles. The monoisotopic (exact) mass is 348 g/mol. The Labute approximate surface area is 134 Å². The van der Waals surface area contributed by atoms with Gasteiger partial charge in [-0.15, -0.1) is 0 Å². The van der Waals surface area contributed by atoms with Gasteiger partial charge in [-0.3, -0.25) is 9.48 Å². The SMILES string of the molecule is CCc1nn(CC)c(CC(=O)Cc2ccccc2C)c1Br. The minimum Gasteiger partial charge on any atom is -0.299 e. The van der Waals surface area contributed by atoms with Crippen LogP contribution in [0.5, 0.6) is 0 Å². The van der Waals surface area contributed by atoms with Crippen molar-refractivity contribution in [2.75, 3.05) is 0 Å². The molecule has 0 aliphatic carbocycles. The second-order valence-corrected chi connectivity index (χ2v) is 5.99. The van der Waals surface area contributed by atoms with E-state index in [1.165, 1.54) is 5.56 Å². The fraction of sp³-hybridized carbons (Fsp3) is 0.412. The van der Waals surface area contributed by atoms with Crippen molar-refractivity contribution in [1.29, 1.82) is 0 Å². The third-order valence-electron chi connectivity index (χ3n) is 3.71. The predicted molar refractivity (Wildman–Crippen MR) is 88.6 cm³/mol. The highest BCUT2D eigenvalue weighted by atomic mass is 79.9. The van der Waals surface area contributed by atoms with Gasteiger partial charge in [-0.05, 0) is 47.3 Å². The number of hydrogen-bond acceptors (Lipinski definition) is 2. The fourth-order valence-corrected chi connectivity index (χ4v) is 3.16. The van der Waals surface area contributed by atoms with Crippen LogP contribution in [0, 0.1) is 6.92 Å². The number of carbonyl (C=O) groups is 1. The van der Waals surface area contributed by atoms with Gasteiger partial charge in [-0.2, -0.15) is 5.10 Å². The summed E-state index contributed by atoms with van der Waals surface area (Å²) >= 11 is 3.60. The number of Topliss-reactive ketones (excluding diaryl/α,β-unsaturated/α-hetero) is 1. The highest BCUT2D eigenvalue weighted by Crippen LogP contribution is 2.23. The Bertz CT molecular complexity index is 646. The summed E-state index contributed by atoms with van der Waals surface area (Å²) in [6, 6.07) is 8.05. The van der Waals surface area contributed by atoms with Gasteiger partial charge in [-0.1, -0.05) is 31.2 Å². The van der Waals surface area contributed by atoms with Crippen LogP contribution in [-0.4, -0.2) is 15.6 Å². The molecule has 1 aromatic heterocycles. The van der Waals surface area contributed by atoms with Crippen LogP contribution in [0.15, 0.2) is 28.7 Å². The topological polar surface area (TPSA) is 34.9 Å². The summed E-state index contributed by atoms with van der Waals surface area (Å²) in [7, 11) is 0. The number of hydrogen-bond donors (Lipinski definition) is 0. The second-order valence-electron chi connectivity index (χ2n) is 5.20. The molecule has 112 valence electrons. The average Bonchev–Trinajstić information content (AvgIpc) is 2.77. The predicted octanol–water partition coefficient (Wildman–Crippen LogP) is 3.89. The summed E-state index contributed by atoms with van der Waals surface area (Å²) < 4.78 is 2.92. The Morgan fingerprint density at radius 3 is 2.57 bits per heavy atom. The summed E-state index contributed by atoms with van der Waals surface area (Å²) in [5.74, 6) is 0.224. The Kier molecular flexibility index (Phi) is 5.34. The molecule has 3 nitrogen and oxygen atoms in total. The highest BCUT2D eigenvalue weighted by molar-refractivity contribution is 9.10. The van der Waals surface area contributed by atoms with Gasteiger partial charge in [0.1, 0.15) is 5.78 Å². The van der Waals surface area contributed by atoms with Gasteiger partial charge in [0.15, 0.2) is 0 Å². The first-order chi connectivity index (χ1) is 10.1. The molecule has 0 amide bonds. The van der Waals surface area contributed by atoms with Crippen molar-refractivity contribution < 1.29 is 4.79 Å². The van der Waals surface area contributed by atoms with Crippen molar-refractivity contribution in [2.45, 2.75) is 46.6 Å². The van der Waals surface area contributed by atoms with E-state index in [0.29, 0.717) is 12.8 Å². The summed E-state index contributed by atoms with van der Waals surface area (Å²) in [5.41, 5.74) is 4.29. The minimum atomic E-state index is 0.224. The first-order valence-electron chi connectivity index (χ1n) is 7.37. The number of rotatable bonds is 6. The average molecular weight is 349 g/mol. The van der Waals surface area contributed by atoms with E-state index in [1.807, 2.05) is 42.8 Å². The van der Waals surface area contributed by atoms with Crippen LogP contribution in [0.3, 0.4) is 0 Å².